The molecule has 3 rings (SSSR count). The second kappa shape index (κ2) is 6.59. The number of aryl methyl sites for hydroxylation is 1. The van der Waals surface area contributed by atoms with Gasteiger partial charge in [-0.25, -0.2) is 18.1 Å². The van der Waals surface area contributed by atoms with Gasteiger partial charge in [0.05, 0.1) is 11.2 Å². The van der Waals surface area contributed by atoms with E-state index in [0.717, 1.165) is 16.8 Å². The van der Waals surface area contributed by atoms with Crippen LogP contribution in [0.15, 0.2) is 72.1 Å². The van der Waals surface area contributed by atoms with E-state index in [0.29, 0.717) is 0 Å². The van der Waals surface area contributed by atoms with Gasteiger partial charge in [0.1, 0.15) is 0 Å². The fraction of sp³-hybridized carbons (Fsp3) is 0.167. The van der Waals surface area contributed by atoms with Crippen molar-refractivity contribution in [2.75, 3.05) is 0 Å². The first-order valence-corrected chi connectivity index (χ1v) is 9.11. The second-order valence-electron chi connectivity index (χ2n) is 5.72. The minimum absolute atomic E-state index is 0.273. The number of hydrogen-bond acceptors (Lipinski definition) is 3. The fourth-order valence-electron chi connectivity index (χ4n) is 2.43. The molecule has 0 saturated carbocycles. The molecule has 1 unspecified atom stereocenters. The molecule has 0 bridgehead atoms. The smallest absolute Gasteiger partial charge is 0.241 e. The number of nitrogens with zero attached hydrogens (tertiary/aromatic N) is 2. The highest BCUT2D eigenvalue weighted by molar-refractivity contribution is 7.89. The summed E-state index contributed by atoms with van der Waals surface area (Å²) < 4.78 is 29.5. The second-order valence-corrected chi connectivity index (χ2v) is 7.43. The summed E-state index contributed by atoms with van der Waals surface area (Å²) >= 11 is 0. The number of imidazole rings is 1. The minimum Gasteiger partial charge on any atom is -0.306 e. The standard InChI is InChI=1S/C18H19N3O2S/c1-14-3-9-18(10-4-14)24(22,23)20-15(2)16-5-7-17(8-6-16)21-12-11-19-13-21/h3-13,15,20H,1-2H3. The van der Waals surface area contributed by atoms with Crippen molar-refractivity contribution in [3.63, 3.8) is 0 Å². The van der Waals surface area contributed by atoms with Crippen LogP contribution in [-0.4, -0.2) is 18.0 Å². The van der Waals surface area contributed by atoms with E-state index in [1.54, 1.807) is 36.8 Å². The summed E-state index contributed by atoms with van der Waals surface area (Å²) in [7, 11) is -3.54. The van der Waals surface area contributed by atoms with Crippen LogP contribution < -0.4 is 4.72 Å². The van der Waals surface area contributed by atoms with Gasteiger partial charge in [-0.05, 0) is 43.7 Å². The Labute approximate surface area is 142 Å². The predicted octanol–water partition coefficient (Wildman–Crippen LogP) is 3.22. The molecule has 1 atom stereocenters. The molecule has 0 amide bonds. The zero-order valence-corrected chi connectivity index (χ0v) is 14.4. The van der Waals surface area contributed by atoms with Crippen LogP contribution in [0.3, 0.4) is 0 Å². The molecule has 3 aromatic rings. The quantitative estimate of drug-likeness (QED) is 0.775. The van der Waals surface area contributed by atoms with Gasteiger partial charge in [0.25, 0.3) is 0 Å². The molecule has 5 nitrogen and oxygen atoms in total. The Balaban J connectivity index is 1.76. The molecule has 0 aliphatic rings. The van der Waals surface area contributed by atoms with Gasteiger partial charge < -0.3 is 4.57 Å². The third-order valence-corrected chi connectivity index (χ3v) is 5.42. The maximum absolute atomic E-state index is 12.5. The van der Waals surface area contributed by atoms with Crippen LogP contribution >= 0.6 is 0 Å². The summed E-state index contributed by atoms with van der Waals surface area (Å²) in [5, 5.41) is 0. The number of sulfonamides is 1. The van der Waals surface area contributed by atoms with Crippen LogP contribution in [0.2, 0.25) is 0 Å². The Morgan fingerprint density at radius 1 is 1.04 bits per heavy atom. The number of benzene rings is 2. The van der Waals surface area contributed by atoms with Crippen molar-refractivity contribution in [2.45, 2.75) is 24.8 Å². The summed E-state index contributed by atoms with van der Waals surface area (Å²) in [5.74, 6) is 0. The number of nitrogens with one attached hydrogen (secondary N) is 1. The number of hydrogen-bond donors (Lipinski definition) is 1. The third kappa shape index (κ3) is 3.55. The predicted molar refractivity (Wildman–Crippen MR) is 93.5 cm³/mol. The van der Waals surface area contributed by atoms with E-state index in [-0.39, 0.29) is 10.9 Å². The summed E-state index contributed by atoms with van der Waals surface area (Å²) in [5.41, 5.74) is 2.90. The first kappa shape index (κ1) is 16.4. The van der Waals surface area contributed by atoms with Crippen LogP contribution in [0.1, 0.15) is 24.1 Å². The Hall–Kier alpha value is -2.44. The molecule has 0 fully saturated rings. The molecule has 124 valence electrons. The largest absolute Gasteiger partial charge is 0.306 e. The molecular weight excluding hydrogens is 322 g/mol. The Kier molecular flexibility index (Phi) is 4.51. The van der Waals surface area contributed by atoms with Gasteiger partial charge in [0.15, 0.2) is 0 Å². The zero-order chi connectivity index (χ0) is 17.2. The van der Waals surface area contributed by atoms with Crippen LogP contribution in [0, 0.1) is 6.92 Å². The van der Waals surface area contributed by atoms with Gasteiger partial charge in [0, 0.05) is 24.1 Å². The first-order valence-electron chi connectivity index (χ1n) is 7.63. The molecule has 0 spiro atoms. The van der Waals surface area contributed by atoms with Gasteiger partial charge in [-0.1, -0.05) is 29.8 Å². The topological polar surface area (TPSA) is 64.0 Å². The minimum atomic E-state index is -3.54. The molecule has 1 aromatic heterocycles. The highest BCUT2D eigenvalue weighted by Gasteiger charge is 2.18. The van der Waals surface area contributed by atoms with Crippen LogP contribution in [0.25, 0.3) is 5.69 Å². The average molecular weight is 341 g/mol. The van der Waals surface area contributed by atoms with Crippen molar-refractivity contribution in [3.8, 4) is 5.69 Å². The lowest BCUT2D eigenvalue weighted by Crippen LogP contribution is -2.26. The van der Waals surface area contributed by atoms with Crippen molar-refractivity contribution in [1.82, 2.24) is 14.3 Å². The molecule has 0 aliphatic carbocycles. The van der Waals surface area contributed by atoms with E-state index in [4.69, 9.17) is 0 Å². The Morgan fingerprint density at radius 3 is 2.29 bits per heavy atom. The van der Waals surface area contributed by atoms with Crippen LogP contribution in [0.5, 0.6) is 0 Å². The molecule has 1 N–H and O–H groups in total. The van der Waals surface area contributed by atoms with Crippen LogP contribution in [0.4, 0.5) is 0 Å². The Bertz CT molecular complexity index is 900. The summed E-state index contributed by atoms with van der Waals surface area (Å²) in [6.07, 6.45) is 5.29. The van der Waals surface area contributed by atoms with Gasteiger partial charge in [0.2, 0.25) is 10.0 Å². The third-order valence-electron chi connectivity index (χ3n) is 3.86. The van der Waals surface area contributed by atoms with E-state index >= 15 is 0 Å². The first-order chi connectivity index (χ1) is 11.5. The lowest BCUT2D eigenvalue weighted by molar-refractivity contribution is 0.567. The molecule has 0 saturated heterocycles. The molecule has 6 heteroatoms. The van der Waals surface area contributed by atoms with E-state index in [1.165, 1.54) is 0 Å². The highest BCUT2D eigenvalue weighted by Crippen LogP contribution is 2.19. The summed E-state index contributed by atoms with van der Waals surface area (Å²) in [4.78, 5) is 4.29. The van der Waals surface area contributed by atoms with Gasteiger partial charge in [-0.2, -0.15) is 0 Å². The number of aromatic nitrogens is 2. The van der Waals surface area contributed by atoms with Crippen molar-refractivity contribution >= 4 is 10.0 Å². The van der Waals surface area contributed by atoms with E-state index in [9.17, 15) is 8.42 Å². The summed E-state index contributed by atoms with van der Waals surface area (Å²) in [6.45, 7) is 3.76. The van der Waals surface area contributed by atoms with Crippen molar-refractivity contribution in [1.29, 1.82) is 0 Å². The molecular formula is C18H19N3O2S. The Morgan fingerprint density at radius 2 is 1.71 bits per heavy atom. The van der Waals surface area contributed by atoms with Crippen LogP contribution in [-0.2, 0) is 10.0 Å². The molecule has 2 aromatic carbocycles. The fourth-order valence-corrected chi connectivity index (χ4v) is 3.67. The summed E-state index contributed by atoms with van der Waals surface area (Å²) in [6, 6.07) is 14.2. The molecule has 24 heavy (non-hydrogen) atoms. The van der Waals surface area contributed by atoms with E-state index < -0.39 is 10.0 Å². The van der Waals surface area contributed by atoms with Gasteiger partial charge in [-0.3, -0.25) is 0 Å². The molecule has 0 radical (unpaired) electrons. The monoisotopic (exact) mass is 341 g/mol. The SMILES string of the molecule is Cc1ccc(S(=O)(=O)NC(C)c2ccc(-n3ccnc3)cc2)cc1. The van der Waals surface area contributed by atoms with Crippen molar-refractivity contribution in [2.24, 2.45) is 0 Å². The molecule has 1 heterocycles. The van der Waals surface area contributed by atoms with Gasteiger partial charge >= 0.3 is 0 Å². The lowest BCUT2D eigenvalue weighted by Gasteiger charge is -2.15. The average Bonchev–Trinajstić information content (AvgIpc) is 3.09. The maximum Gasteiger partial charge on any atom is 0.241 e. The van der Waals surface area contributed by atoms with E-state index in [2.05, 4.69) is 9.71 Å². The highest BCUT2D eigenvalue weighted by atomic mass is 32.2. The van der Waals surface area contributed by atoms with Gasteiger partial charge in [-0.15, -0.1) is 0 Å². The lowest BCUT2D eigenvalue weighted by atomic mass is 10.1. The van der Waals surface area contributed by atoms with Crippen molar-refractivity contribution in [3.05, 3.63) is 78.4 Å². The number of rotatable bonds is 5. The maximum atomic E-state index is 12.5. The van der Waals surface area contributed by atoms with E-state index in [1.807, 2.05) is 48.9 Å². The normalized spacial score (nSPS) is 12.9. The molecule has 0 aliphatic heterocycles. The van der Waals surface area contributed by atoms with Crippen molar-refractivity contribution < 1.29 is 8.42 Å². The zero-order valence-electron chi connectivity index (χ0n) is 13.5.